The molecule has 2 aromatic rings. The first kappa shape index (κ1) is 23.9. The normalized spacial score (nSPS) is 15.9. The molecule has 2 aromatic carbocycles. The third-order valence-corrected chi connectivity index (χ3v) is 5.63. The minimum atomic E-state index is -1.03. The predicted molar refractivity (Wildman–Crippen MR) is 115 cm³/mol. The summed E-state index contributed by atoms with van der Waals surface area (Å²) in [5.41, 5.74) is 1.53. The molecule has 0 amide bonds. The van der Waals surface area contributed by atoms with E-state index in [0.29, 0.717) is 28.6 Å². The number of carbonyl (C=O) groups excluding carboxylic acids is 2. The summed E-state index contributed by atoms with van der Waals surface area (Å²) in [5.74, 6) is -1.23. The Morgan fingerprint density at radius 3 is 1.86 bits per heavy atom. The van der Waals surface area contributed by atoms with Gasteiger partial charge in [-0.05, 0) is 35.4 Å². The summed E-state index contributed by atoms with van der Waals surface area (Å²) < 4.78 is 25.3. The van der Waals surface area contributed by atoms with Crippen LogP contribution in [-0.2, 0) is 23.9 Å². The van der Waals surface area contributed by atoms with E-state index >= 15 is 0 Å². The molecule has 184 valence electrons. The highest BCUT2D eigenvalue weighted by Crippen LogP contribution is 2.38. The van der Waals surface area contributed by atoms with Crippen LogP contribution in [0.2, 0.25) is 0 Å². The van der Waals surface area contributed by atoms with Gasteiger partial charge in [0.15, 0.2) is 23.0 Å². The fraction of sp³-hybridized carbons (Fsp3) is 0.333. The Morgan fingerprint density at radius 2 is 1.29 bits per heavy atom. The van der Waals surface area contributed by atoms with Gasteiger partial charge in [0.25, 0.3) is 0 Å². The van der Waals surface area contributed by atoms with Gasteiger partial charge < -0.3 is 33.9 Å². The molecule has 0 radical (unpaired) electrons. The molecule has 1 saturated heterocycles. The number of carboxylic acids is 2. The van der Waals surface area contributed by atoms with Crippen molar-refractivity contribution in [1.29, 1.82) is 0 Å². The van der Waals surface area contributed by atoms with Gasteiger partial charge in [-0.1, -0.05) is 12.1 Å². The number of benzene rings is 2. The minimum Gasteiger partial charge on any atom is -0.481 e. The summed E-state index contributed by atoms with van der Waals surface area (Å²) in [4.78, 5) is 43.9. The van der Waals surface area contributed by atoms with Crippen LogP contribution in [-0.4, -0.2) is 47.7 Å². The highest BCUT2D eigenvalue weighted by atomic mass is 16.7. The average Bonchev–Trinajstić information content (AvgIpc) is 3.46. The maximum absolute atomic E-state index is 11.2. The Bertz CT molecular complexity index is 1120. The van der Waals surface area contributed by atoms with Gasteiger partial charge in [-0.25, -0.2) is 0 Å². The van der Waals surface area contributed by atoms with E-state index in [4.69, 9.17) is 29.2 Å². The third-order valence-electron chi connectivity index (χ3n) is 5.63. The average molecular weight is 486 g/mol. The van der Waals surface area contributed by atoms with Crippen molar-refractivity contribution < 1.29 is 53.1 Å². The first-order chi connectivity index (χ1) is 16.8. The second-order valence-electron chi connectivity index (χ2n) is 8.07. The topological polar surface area (TPSA) is 155 Å². The lowest BCUT2D eigenvalue weighted by Crippen LogP contribution is -2.24. The molecule has 5 rings (SSSR count). The van der Waals surface area contributed by atoms with Gasteiger partial charge in [0, 0.05) is 11.8 Å². The zero-order valence-corrected chi connectivity index (χ0v) is 18.4. The second-order valence-corrected chi connectivity index (χ2v) is 8.07. The molecule has 0 unspecified atom stereocenters. The number of ether oxygens (including phenoxy) is 5. The van der Waals surface area contributed by atoms with Crippen LogP contribution in [0.3, 0.4) is 0 Å². The summed E-state index contributed by atoms with van der Waals surface area (Å²) in [6.07, 6.45) is -0.00530. The Balaban J connectivity index is 0.000000165. The van der Waals surface area contributed by atoms with Gasteiger partial charge in [0.05, 0.1) is 25.7 Å². The molecule has 0 saturated carbocycles. The highest BCUT2D eigenvalue weighted by Gasteiger charge is 2.29. The summed E-state index contributed by atoms with van der Waals surface area (Å²) in [7, 11) is 0. The van der Waals surface area contributed by atoms with Crippen LogP contribution in [0.4, 0.5) is 0 Å². The number of hydrogen-bond donors (Lipinski definition) is 2. The van der Waals surface area contributed by atoms with Crippen LogP contribution in [0.5, 0.6) is 23.0 Å². The second kappa shape index (κ2) is 10.3. The summed E-state index contributed by atoms with van der Waals surface area (Å²) in [5, 5.41) is 17.6. The first-order valence-electron chi connectivity index (χ1n) is 10.7. The fourth-order valence-corrected chi connectivity index (χ4v) is 3.98. The Labute approximate surface area is 199 Å². The lowest BCUT2D eigenvalue weighted by Gasteiger charge is -2.20. The van der Waals surface area contributed by atoms with Crippen LogP contribution in [0.25, 0.3) is 0 Å². The molecule has 11 nitrogen and oxygen atoms in total. The summed E-state index contributed by atoms with van der Waals surface area (Å²) in [6, 6.07) is 10.4. The van der Waals surface area contributed by atoms with Crippen LogP contribution >= 0.6 is 0 Å². The monoisotopic (exact) mass is 486 g/mol. The number of fused-ring (bicyclic) bond motifs is 2. The molecule has 0 spiro atoms. The predicted octanol–water partition coefficient (Wildman–Crippen LogP) is 2.81. The van der Waals surface area contributed by atoms with Gasteiger partial charge >= 0.3 is 23.9 Å². The lowest BCUT2D eigenvalue weighted by atomic mass is 9.91. The first-order valence-corrected chi connectivity index (χ1v) is 10.7. The van der Waals surface area contributed by atoms with Gasteiger partial charge in [0.2, 0.25) is 13.6 Å². The quantitative estimate of drug-likeness (QED) is 0.457. The van der Waals surface area contributed by atoms with E-state index < -0.39 is 29.8 Å². The Kier molecular flexibility index (Phi) is 7.04. The van der Waals surface area contributed by atoms with E-state index in [1.165, 1.54) is 0 Å². The van der Waals surface area contributed by atoms with E-state index in [1.54, 1.807) is 24.3 Å². The number of carbonyl (C=O) groups is 4. The van der Waals surface area contributed by atoms with Gasteiger partial charge in [-0.2, -0.15) is 0 Å². The van der Waals surface area contributed by atoms with Crippen molar-refractivity contribution in [3.05, 3.63) is 47.5 Å². The SMILES string of the molecule is O=C(O)CC(CC(=O)O)c1ccc2c(c1)OCO2.O=C1CC(c2ccc3c(c2)OCO3)CC(=O)O1. The number of esters is 2. The van der Waals surface area contributed by atoms with E-state index in [-0.39, 0.29) is 45.2 Å². The molecule has 3 aliphatic rings. The molecule has 0 atom stereocenters. The lowest BCUT2D eigenvalue weighted by molar-refractivity contribution is -0.164. The van der Waals surface area contributed by atoms with Gasteiger partial charge in [-0.15, -0.1) is 0 Å². The smallest absolute Gasteiger partial charge is 0.314 e. The molecule has 3 heterocycles. The number of aliphatic carboxylic acids is 2. The van der Waals surface area contributed by atoms with E-state index in [1.807, 2.05) is 12.1 Å². The van der Waals surface area contributed by atoms with Crippen LogP contribution in [0.15, 0.2) is 36.4 Å². The maximum Gasteiger partial charge on any atom is 0.314 e. The number of carboxylic acid groups (broad SMARTS) is 2. The summed E-state index contributed by atoms with van der Waals surface area (Å²) >= 11 is 0. The van der Waals surface area contributed by atoms with E-state index in [0.717, 1.165) is 5.56 Å². The third kappa shape index (κ3) is 5.99. The zero-order chi connectivity index (χ0) is 24.9. The maximum atomic E-state index is 11.2. The van der Waals surface area contributed by atoms with E-state index in [9.17, 15) is 19.2 Å². The van der Waals surface area contributed by atoms with Crippen LogP contribution in [0, 0.1) is 0 Å². The molecule has 11 heteroatoms. The number of hydrogen-bond acceptors (Lipinski definition) is 9. The van der Waals surface area contributed by atoms with Crippen molar-refractivity contribution in [3.63, 3.8) is 0 Å². The van der Waals surface area contributed by atoms with Crippen molar-refractivity contribution in [2.75, 3.05) is 13.6 Å². The van der Waals surface area contributed by atoms with Crippen LogP contribution < -0.4 is 18.9 Å². The van der Waals surface area contributed by atoms with Crippen molar-refractivity contribution >= 4 is 23.9 Å². The molecule has 35 heavy (non-hydrogen) atoms. The molecular formula is C24H22O11. The zero-order valence-electron chi connectivity index (χ0n) is 18.4. The van der Waals surface area contributed by atoms with Crippen molar-refractivity contribution in [1.82, 2.24) is 0 Å². The Morgan fingerprint density at radius 1 is 0.771 bits per heavy atom. The largest absolute Gasteiger partial charge is 0.481 e. The fourth-order valence-electron chi connectivity index (χ4n) is 3.98. The number of rotatable bonds is 6. The standard InChI is InChI=1S/C12H12O6.C12H10O5/c13-11(14)4-8(5-12(15)16)7-1-2-9-10(3-7)18-6-17-9;13-11-4-8(5-12(14)17-11)7-1-2-9-10(3-7)16-6-15-9/h1-3,8H,4-6H2,(H,13,14)(H,15,16);1-3,8H,4-6H2. The molecule has 0 aromatic heterocycles. The molecule has 1 fully saturated rings. The van der Waals surface area contributed by atoms with Crippen molar-refractivity contribution in [2.24, 2.45) is 0 Å². The van der Waals surface area contributed by atoms with Crippen molar-refractivity contribution in [3.8, 4) is 23.0 Å². The van der Waals surface area contributed by atoms with Crippen molar-refractivity contribution in [2.45, 2.75) is 37.5 Å². The number of cyclic esters (lactones) is 2. The molecular weight excluding hydrogens is 464 g/mol. The summed E-state index contributed by atoms with van der Waals surface area (Å²) in [6.45, 7) is 0.339. The minimum absolute atomic E-state index is 0.126. The van der Waals surface area contributed by atoms with Gasteiger partial charge in [0.1, 0.15) is 0 Å². The highest BCUT2D eigenvalue weighted by molar-refractivity contribution is 5.89. The van der Waals surface area contributed by atoms with E-state index in [2.05, 4.69) is 4.74 Å². The molecule has 0 bridgehead atoms. The molecule has 3 aliphatic heterocycles. The Hall–Kier alpha value is -4.28. The van der Waals surface area contributed by atoms with Crippen LogP contribution in [0.1, 0.15) is 48.6 Å². The molecule has 0 aliphatic carbocycles. The molecule has 2 N–H and O–H groups in total. The van der Waals surface area contributed by atoms with Gasteiger partial charge in [-0.3, -0.25) is 19.2 Å².